The van der Waals surface area contributed by atoms with E-state index in [2.05, 4.69) is 22.1 Å². The van der Waals surface area contributed by atoms with Gasteiger partial charge in [0.1, 0.15) is 16.8 Å². The van der Waals surface area contributed by atoms with Crippen molar-refractivity contribution in [3.63, 3.8) is 0 Å². The van der Waals surface area contributed by atoms with Gasteiger partial charge >= 0.3 is 5.97 Å². The standard InChI is InChI=1S/C38H47N3O8/c1-5-41-21-35(49-34(43)23-8-6-7-9-26(23)40-31(42)11-10-22-13-16-39-17-14-22)15-12-30(47-3)37-28(35)19-25(32(37)41)36(44)20-27(46-2)24-18-29(37)38(36,45)33(24)48-4/h6-11,13-14,16-17,24-25,27-30,32-33,44-45H,5,12,15,18-21H2,1-4H3,(H,40,42)/b11-10+/t24-,25-,27+,28-,29+,30+,32?,33?,35-,36+,37+,38+/m1/s1. The highest BCUT2D eigenvalue weighted by Crippen LogP contribution is 2.79. The maximum absolute atomic E-state index is 14.4. The van der Waals surface area contributed by atoms with Crippen LogP contribution in [0.4, 0.5) is 5.69 Å². The first-order valence-corrected chi connectivity index (χ1v) is 17.6. The predicted molar refractivity (Wildman–Crippen MR) is 179 cm³/mol. The Bertz CT molecular complexity index is 1660. The van der Waals surface area contributed by atoms with E-state index in [-0.39, 0.29) is 53.4 Å². The molecule has 1 amide bonds. The van der Waals surface area contributed by atoms with Crippen LogP contribution in [0.15, 0.2) is 54.9 Å². The maximum Gasteiger partial charge on any atom is 0.340 e. The molecule has 11 nitrogen and oxygen atoms in total. The fraction of sp³-hybridized carbons (Fsp3) is 0.605. The smallest absolute Gasteiger partial charge is 0.340 e. The minimum Gasteiger partial charge on any atom is -0.454 e. The molecule has 3 N–H and O–H groups in total. The molecule has 0 radical (unpaired) electrons. The van der Waals surface area contributed by atoms with Crippen LogP contribution < -0.4 is 5.32 Å². The number of likely N-dealkylation sites (tertiary alicyclic amines) is 1. The molecule has 6 aliphatic rings. The van der Waals surface area contributed by atoms with Crippen molar-refractivity contribution in [2.45, 2.75) is 80.2 Å². The number of carbonyl (C=O) groups excluding carboxylic acids is 2. The second kappa shape index (κ2) is 11.7. The number of hydrogen-bond acceptors (Lipinski definition) is 10. The first-order chi connectivity index (χ1) is 23.6. The molecule has 49 heavy (non-hydrogen) atoms. The predicted octanol–water partition coefficient (Wildman–Crippen LogP) is 3.31. The second-order valence-electron chi connectivity index (χ2n) is 15.1. The second-order valence-corrected chi connectivity index (χ2v) is 15.1. The van der Waals surface area contributed by atoms with Crippen molar-refractivity contribution in [2.24, 2.45) is 29.1 Å². The van der Waals surface area contributed by atoms with Crippen molar-refractivity contribution < 1.29 is 38.7 Å². The number of para-hydroxylation sites is 1. The molecule has 1 aromatic carbocycles. The molecule has 2 heterocycles. The molecule has 7 bridgehead atoms. The van der Waals surface area contributed by atoms with E-state index in [4.69, 9.17) is 18.9 Å². The number of nitrogens with zero attached hydrogens (tertiary/aromatic N) is 2. The summed E-state index contributed by atoms with van der Waals surface area (Å²) in [5.41, 5.74) is -2.97. The van der Waals surface area contributed by atoms with Crippen molar-refractivity contribution in [2.75, 3.05) is 39.7 Å². The van der Waals surface area contributed by atoms with Gasteiger partial charge in [0.2, 0.25) is 5.91 Å². The minimum atomic E-state index is -1.50. The molecule has 2 aromatic rings. The van der Waals surface area contributed by atoms with Crippen LogP contribution in [0.2, 0.25) is 0 Å². The number of benzene rings is 1. The van der Waals surface area contributed by atoms with Gasteiger partial charge in [-0.3, -0.25) is 14.7 Å². The third kappa shape index (κ3) is 4.26. The lowest BCUT2D eigenvalue weighted by Gasteiger charge is -2.70. The largest absolute Gasteiger partial charge is 0.454 e. The van der Waals surface area contributed by atoms with Crippen molar-refractivity contribution in [1.29, 1.82) is 0 Å². The van der Waals surface area contributed by atoms with Crippen LogP contribution in [0.1, 0.15) is 54.9 Å². The molecule has 1 aromatic heterocycles. The van der Waals surface area contributed by atoms with E-state index in [1.807, 2.05) is 0 Å². The zero-order chi connectivity index (χ0) is 34.3. The summed E-state index contributed by atoms with van der Waals surface area (Å²) in [6, 6.07) is 10.5. The van der Waals surface area contributed by atoms with Crippen LogP contribution in [-0.2, 0) is 23.7 Å². The lowest BCUT2D eigenvalue weighted by atomic mass is 9.44. The van der Waals surface area contributed by atoms with Crippen molar-refractivity contribution in [3.8, 4) is 0 Å². The zero-order valence-electron chi connectivity index (χ0n) is 28.6. The van der Waals surface area contributed by atoms with E-state index in [9.17, 15) is 19.8 Å². The van der Waals surface area contributed by atoms with Gasteiger partial charge in [-0.1, -0.05) is 19.1 Å². The van der Waals surface area contributed by atoms with Gasteiger partial charge in [0.15, 0.2) is 0 Å². The average Bonchev–Trinajstić information content (AvgIpc) is 3.54. The third-order valence-electron chi connectivity index (χ3n) is 13.7. The number of rotatable bonds is 9. The van der Waals surface area contributed by atoms with Crippen LogP contribution in [0.5, 0.6) is 0 Å². The van der Waals surface area contributed by atoms with E-state index in [0.717, 1.165) is 5.56 Å². The molecule has 2 unspecified atom stereocenters. The summed E-state index contributed by atoms with van der Waals surface area (Å²) >= 11 is 0. The van der Waals surface area contributed by atoms with Crippen LogP contribution >= 0.6 is 0 Å². The van der Waals surface area contributed by atoms with Crippen molar-refractivity contribution in [1.82, 2.24) is 9.88 Å². The molecule has 5 saturated carbocycles. The monoisotopic (exact) mass is 673 g/mol. The minimum absolute atomic E-state index is 0.0690. The quantitative estimate of drug-likeness (QED) is 0.269. The highest BCUT2D eigenvalue weighted by atomic mass is 16.6. The number of aromatic nitrogens is 1. The number of esters is 1. The number of pyridine rings is 1. The number of ether oxygens (including phenoxy) is 4. The fourth-order valence-electron chi connectivity index (χ4n) is 12.2. The number of piperidine rings is 1. The number of carbonyl (C=O) groups is 2. The lowest BCUT2D eigenvalue weighted by Crippen LogP contribution is -2.83. The van der Waals surface area contributed by atoms with Gasteiger partial charge in [-0.05, 0) is 68.1 Å². The van der Waals surface area contributed by atoms with E-state index in [1.165, 1.54) is 6.08 Å². The van der Waals surface area contributed by atoms with Gasteiger partial charge in [0, 0.05) is 87.9 Å². The van der Waals surface area contributed by atoms with Gasteiger partial charge in [0.05, 0.1) is 29.6 Å². The molecule has 1 saturated heterocycles. The molecular formula is C38H47N3O8. The number of fused-ring (bicyclic) bond motifs is 2. The van der Waals surface area contributed by atoms with Crippen molar-refractivity contribution in [3.05, 3.63) is 66.0 Å². The third-order valence-corrected chi connectivity index (χ3v) is 13.7. The SMILES string of the molecule is CCN1C[C@]2(OC(=O)c3ccccc3NC(=O)/C=C/c3ccncc3)CC[C@H](OC)[C@]34C1[C@@H](C[C@H]23)[C@@]1(O)C[C@H](OC)[C@H]2C[C@@H]4[C@]1(O)C2OC. The van der Waals surface area contributed by atoms with Crippen LogP contribution in [0, 0.1) is 29.1 Å². The first kappa shape index (κ1) is 33.0. The molecule has 1 spiro atoms. The number of aliphatic hydroxyl groups is 2. The molecule has 12 atom stereocenters. The van der Waals surface area contributed by atoms with E-state index >= 15 is 0 Å². The summed E-state index contributed by atoms with van der Waals surface area (Å²) in [5.74, 6) is -1.79. The Morgan fingerprint density at radius 3 is 2.53 bits per heavy atom. The van der Waals surface area contributed by atoms with Gasteiger partial charge in [-0.25, -0.2) is 4.79 Å². The summed E-state index contributed by atoms with van der Waals surface area (Å²) in [7, 11) is 5.05. The Morgan fingerprint density at radius 1 is 1.04 bits per heavy atom. The summed E-state index contributed by atoms with van der Waals surface area (Å²) in [6.45, 7) is 3.32. The lowest BCUT2D eigenvalue weighted by molar-refractivity contribution is -0.337. The number of amides is 1. The van der Waals surface area contributed by atoms with E-state index in [1.54, 1.807) is 76.2 Å². The number of nitrogens with one attached hydrogen (secondary N) is 1. The fourth-order valence-corrected chi connectivity index (χ4v) is 12.2. The zero-order valence-corrected chi connectivity index (χ0v) is 28.6. The van der Waals surface area contributed by atoms with Crippen LogP contribution in [-0.4, -0.2) is 108 Å². The topological polar surface area (TPSA) is 140 Å². The molecule has 11 heteroatoms. The molecule has 1 aliphatic heterocycles. The van der Waals surface area contributed by atoms with Gasteiger partial charge in [0.25, 0.3) is 0 Å². The molecule has 6 fully saturated rings. The summed E-state index contributed by atoms with van der Waals surface area (Å²) in [5, 5.41) is 28.8. The van der Waals surface area contributed by atoms with Crippen LogP contribution in [0.3, 0.4) is 0 Å². The molecule has 8 rings (SSSR count). The van der Waals surface area contributed by atoms with Gasteiger partial charge in [-0.2, -0.15) is 0 Å². The van der Waals surface area contributed by atoms with Crippen LogP contribution in [0.25, 0.3) is 6.08 Å². The molecular weight excluding hydrogens is 626 g/mol. The average molecular weight is 674 g/mol. The molecule has 5 aliphatic carbocycles. The summed E-state index contributed by atoms with van der Waals surface area (Å²) < 4.78 is 25.3. The first-order valence-electron chi connectivity index (χ1n) is 17.6. The normalized spacial score (nSPS) is 43.1. The summed E-state index contributed by atoms with van der Waals surface area (Å²) in [6.07, 6.45) is 8.16. The van der Waals surface area contributed by atoms with Gasteiger partial charge in [-0.15, -0.1) is 0 Å². The Hall–Kier alpha value is -3.19. The Labute approximate surface area is 287 Å². The Morgan fingerprint density at radius 2 is 1.82 bits per heavy atom. The highest BCUT2D eigenvalue weighted by molar-refractivity contribution is 6.06. The molecule has 262 valence electrons. The highest BCUT2D eigenvalue weighted by Gasteiger charge is 2.89. The van der Waals surface area contributed by atoms with E-state index < -0.39 is 34.3 Å². The number of methoxy groups -OCH3 is 3. The van der Waals surface area contributed by atoms with Gasteiger partial charge < -0.3 is 34.5 Å². The number of hydrogen-bond donors (Lipinski definition) is 3. The maximum atomic E-state index is 14.4. The summed E-state index contributed by atoms with van der Waals surface area (Å²) in [4.78, 5) is 33.7. The Kier molecular flexibility index (Phi) is 7.86. The Balaban J connectivity index is 1.17. The number of likely N-dealkylation sites (N-methyl/N-ethyl adjacent to an activating group) is 1. The van der Waals surface area contributed by atoms with Crippen molar-refractivity contribution >= 4 is 23.6 Å². The van der Waals surface area contributed by atoms with E-state index in [0.29, 0.717) is 50.9 Å². The number of anilines is 1.